The molecule has 2 aromatic rings. The maximum absolute atomic E-state index is 5.77. The fraction of sp³-hybridized carbons (Fsp3) is 0.400. The van der Waals surface area contributed by atoms with Crippen LogP contribution in [0.3, 0.4) is 0 Å². The fourth-order valence-electron chi connectivity index (χ4n) is 2.17. The Morgan fingerprint density at radius 2 is 2.06 bits per heavy atom. The molecule has 1 unspecified atom stereocenters. The molecule has 0 saturated heterocycles. The van der Waals surface area contributed by atoms with E-state index in [1.54, 1.807) is 0 Å². The minimum atomic E-state index is 0.508. The lowest BCUT2D eigenvalue weighted by Gasteiger charge is -2.25. The molecular weight excluding hydrogens is 222 g/mol. The molecule has 0 aliphatic carbocycles. The summed E-state index contributed by atoms with van der Waals surface area (Å²) in [5.74, 6) is 1.02. The van der Waals surface area contributed by atoms with Crippen molar-refractivity contribution in [3.05, 3.63) is 30.3 Å². The van der Waals surface area contributed by atoms with E-state index in [0.29, 0.717) is 6.04 Å². The molecule has 0 amide bonds. The third-order valence-electron chi connectivity index (χ3n) is 3.43. The number of pyridine rings is 1. The Labute approximate surface area is 109 Å². The van der Waals surface area contributed by atoms with Gasteiger partial charge < -0.3 is 10.6 Å². The molecule has 0 radical (unpaired) electrons. The van der Waals surface area contributed by atoms with Gasteiger partial charge in [0, 0.05) is 24.2 Å². The van der Waals surface area contributed by atoms with Gasteiger partial charge in [0.1, 0.15) is 5.82 Å². The second kappa shape index (κ2) is 5.25. The molecule has 1 aromatic heterocycles. The monoisotopic (exact) mass is 243 g/mol. The Hall–Kier alpha value is -1.77. The third kappa shape index (κ3) is 2.55. The lowest BCUT2D eigenvalue weighted by molar-refractivity contribution is 0.612. The Morgan fingerprint density at radius 3 is 2.78 bits per heavy atom. The van der Waals surface area contributed by atoms with Crippen molar-refractivity contribution >= 4 is 22.4 Å². The highest BCUT2D eigenvalue weighted by atomic mass is 15.2. The van der Waals surface area contributed by atoms with E-state index in [4.69, 9.17) is 5.73 Å². The molecule has 2 N–H and O–H groups in total. The number of anilines is 2. The van der Waals surface area contributed by atoms with E-state index in [-0.39, 0.29) is 0 Å². The average Bonchev–Trinajstić information content (AvgIpc) is 2.37. The van der Waals surface area contributed by atoms with Crippen molar-refractivity contribution in [2.75, 3.05) is 17.7 Å². The molecule has 0 bridgehead atoms. The van der Waals surface area contributed by atoms with Crippen LogP contribution >= 0.6 is 0 Å². The van der Waals surface area contributed by atoms with Crippen LogP contribution < -0.4 is 10.6 Å². The highest BCUT2D eigenvalue weighted by Gasteiger charge is 2.10. The molecule has 1 aromatic carbocycles. The summed E-state index contributed by atoms with van der Waals surface area (Å²) in [5.41, 5.74) is 7.55. The van der Waals surface area contributed by atoms with Gasteiger partial charge in [0.25, 0.3) is 0 Å². The Kier molecular flexibility index (Phi) is 3.70. The molecule has 0 spiro atoms. The summed E-state index contributed by atoms with van der Waals surface area (Å²) in [7, 11) is 2.10. The van der Waals surface area contributed by atoms with Crippen LogP contribution in [0.5, 0.6) is 0 Å². The molecular formula is C15H21N3. The number of rotatable bonds is 4. The van der Waals surface area contributed by atoms with Gasteiger partial charge in [-0.25, -0.2) is 4.98 Å². The van der Waals surface area contributed by atoms with E-state index in [0.717, 1.165) is 22.4 Å². The molecule has 3 nitrogen and oxygen atoms in total. The lowest BCUT2D eigenvalue weighted by Crippen LogP contribution is -2.29. The topological polar surface area (TPSA) is 42.1 Å². The predicted octanol–water partition coefficient (Wildman–Crippen LogP) is 3.44. The van der Waals surface area contributed by atoms with E-state index in [1.807, 2.05) is 18.2 Å². The zero-order valence-electron chi connectivity index (χ0n) is 11.4. The van der Waals surface area contributed by atoms with E-state index in [9.17, 15) is 0 Å². The summed E-state index contributed by atoms with van der Waals surface area (Å²) >= 11 is 0. The quantitative estimate of drug-likeness (QED) is 0.836. The highest BCUT2D eigenvalue weighted by Crippen LogP contribution is 2.21. The van der Waals surface area contributed by atoms with E-state index >= 15 is 0 Å². The van der Waals surface area contributed by atoms with Crippen molar-refractivity contribution in [2.45, 2.75) is 32.7 Å². The summed E-state index contributed by atoms with van der Waals surface area (Å²) in [4.78, 5) is 6.93. The number of aromatic nitrogens is 1. The van der Waals surface area contributed by atoms with Crippen LogP contribution in [-0.4, -0.2) is 18.1 Å². The van der Waals surface area contributed by atoms with Crippen molar-refractivity contribution in [1.82, 2.24) is 4.98 Å². The zero-order valence-corrected chi connectivity index (χ0v) is 11.4. The van der Waals surface area contributed by atoms with Crippen LogP contribution in [0.25, 0.3) is 10.9 Å². The van der Waals surface area contributed by atoms with Crippen molar-refractivity contribution in [1.29, 1.82) is 0 Å². The number of fused-ring (bicyclic) bond motifs is 1. The third-order valence-corrected chi connectivity index (χ3v) is 3.43. The van der Waals surface area contributed by atoms with Crippen LogP contribution in [0.2, 0.25) is 0 Å². The van der Waals surface area contributed by atoms with Crippen molar-refractivity contribution in [2.24, 2.45) is 0 Å². The van der Waals surface area contributed by atoms with E-state index in [2.05, 4.69) is 42.9 Å². The standard InChI is InChI=1S/C15H21N3/c1-4-5-11(2)18(3)15-9-6-12-10-13(16)7-8-14(12)17-15/h6-11H,4-5,16H2,1-3H3. The minimum Gasteiger partial charge on any atom is -0.399 e. The molecule has 0 saturated carbocycles. The normalized spacial score (nSPS) is 12.6. The van der Waals surface area contributed by atoms with Gasteiger partial charge >= 0.3 is 0 Å². The van der Waals surface area contributed by atoms with Gasteiger partial charge in [0.2, 0.25) is 0 Å². The number of hydrogen-bond acceptors (Lipinski definition) is 3. The Morgan fingerprint density at radius 1 is 1.28 bits per heavy atom. The van der Waals surface area contributed by atoms with Gasteiger partial charge in [0.15, 0.2) is 0 Å². The van der Waals surface area contributed by atoms with Crippen LogP contribution in [0.1, 0.15) is 26.7 Å². The maximum atomic E-state index is 5.77. The Balaban J connectivity index is 2.32. The number of nitrogens with two attached hydrogens (primary N) is 1. The maximum Gasteiger partial charge on any atom is 0.129 e. The largest absolute Gasteiger partial charge is 0.399 e. The SMILES string of the molecule is CCCC(C)N(C)c1ccc2cc(N)ccc2n1. The molecule has 96 valence electrons. The number of nitrogens with zero attached hydrogens (tertiary/aromatic N) is 2. The van der Waals surface area contributed by atoms with Crippen molar-refractivity contribution in [3.63, 3.8) is 0 Å². The minimum absolute atomic E-state index is 0.508. The van der Waals surface area contributed by atoms with E-state index < -0.39 is 0 Å². The first kappa shape index (κ1) is 12.7. The van der Waals surface area contributed by atoms with Crippen LogP contribution in [0.4, 0.5) is 11.5 Å². The molecule has 18 heavy (non-hydrogen) atoms. The van der Waals surface area contributed by atoms with Crippen molar-refractivity contribution < 1.29 is 0 Å². The van der Waals surface area contributed by atoms with E-state index in [1.165, 1.54) is 12.8 Å². The highest BCUT2D eigenvalue weighted by molar-refractivity contribution is 5.83. The van der Waals surface area contributed by atoms with Gasteiger partial charge in [-0.2, -0.15) is 0 Å². The number of benzene rings is 1. The van der Waals surface area contributed by atoms with Gasteiger partial charge in [0.05, 0.1) is 5.52 Å². The second-order valence-electron chi connectivity index (χ2n) is 4.87. The summed E-state index contributed by atoms with van der Waals surface area (Å²) in [6, 6.07) is 10.5. The first-order valence-corrected chi connectivity index (χ1v) is 6.51. The van der Waals surface area contributed by atoms with Crippen molar-refractivity contribution in [3.8, 4) is 0 Å². The molecule has 3 heteroatoms. The summed E-state index contributed by atoms with van der Waals surface area (Å²) < 4.78 is 0. The summed E-state index contributed by atoms with van der Waals surface area (Å²) in [6.07, 6.45) is 2.37. The zero-order chi connectivity index (χ0) is 13.1. The Bertz CT molecular complexity index is 536. The summed E-state index contributed by atoms with van der Waals surface area (Å²) in [5, 5.41) is 1.09. The first-order valence-electron chi connectivity index (χ1n) is 6.51. The molecule has 0 aliphatic heterocycles. The molecule has 2 rings (SSSR count). The number of nitrogen functional groups attached to an aromatic ring is 1. The first-order chi connectivity index (χ1) is 8.61. The van der Waals surface area contributed by atoms with Gasteiger partial charge in [-0.1, -0.05) is 13.3 Å². The lowest BCUT2D eigenvalue weighted by atomic mass is 10.1. The predicted molar refractivity (Wildman–Crippen MR) is 78.9 cm³/mol. The molecule has 0 fully saturated rings. The summed E-state index contributed by atoms with van der Waals surface area (Å²) in [6.45, 7) is 4.44. The molecule has 1 heterocycles. The average molecular weight is 243 g/mol. The second-order valence-corrected chi connectivity index (χ2v) is 4.87. The van der Waals surface area contributed by atoms with Gasteiger partial charge in [-0.3, -0.25) is 0 Å². The molecule has 0 aliphatic rings. The van der Waals surface area contributed by atoms with Crippen LogP contribution in [-0.2, 0) is 0 Å². The van der Waals surface area contributed by atoms with Gasteiger partial charge in [-0.05, 0) is 43.7 Å². The fourth-order valence-corrected chi connectivity index (χ4v) is 2.17. The van der Waals surface area contributed by atoms with Gasteiger partial charge in [-0.15, -0.1) is 0 Å². The van der Waals surface area contributed by atoms with Crippen LogP contribution in [0, 0.1) is 0 Å². The number of hydrogen-bond donors (Lipinski definition) is 1. The molecule has 1 atom stereocenters. The van der Waals surface area contributed by atoms with Crippen LogP contribution in [0.15, 0.2) is 30.3 Å². The smallest absolute Gasteiger partial charge is 0.129 e.